The van der Waals surface area contributed by atoms with Gasteiger partial charge in [0.2, 0.25) is 10.0 Å². The van der Waals surface area contributed by atoms with Gasteiger partial charge in [0.25, 0.3) is 5.91 Å². The van der Waals surface area contributed by atoms with E-state index in [-0.39, 0.29) is 35.8 Å². The molecule has 1 saturated heterocycles. The summed E-state index contributed by atoms with van der Waals surface area (Å²) in [4.78, 5) is 21.1. The number of nitrogens with two attached hydrogens (primary N) is 1. The average molecular weight is 628 g/mol. The summed E-state index contributed by atoms with van der Waals surface area (Å²) in [5.41, 5.74) is 9.53. The number of anilines is 2. The lowest BCUT2D eigenvalue weighted by atomic mass is 9.95. The van der Waals surface area contributed by atoms with Gasteiger partial charge in [-0.25, -0.2) is 13.1 Å². The van der Waals surface area contributed by atoms with E-state index < -0.39 is 10.0 Å². The Hall–Kier alpha value is -3.39. The number of morpholine rings is 1. The van der Waals surface area contributed by atoms with Crippen LogP contribution in [0.4, 0.5) is 11.4 Å². The van der Waals surface area contributed by atoms with E-state index in [1.54, 1.807) is 17.0 Å². The molecule has 5 N–H and O–H groups in total. The number of H-pyrrole nitrogens is 1. The van der Waals surface area contributed by atoms with Crippen LogP contribution < -0.4 is 20.1 Å². The van der Waals surface area contributed by atoms with Crippen molar-refractivity contribution >= 4 is 60.6 Å². The van der Waals surface area contributed by atoms with Crippen molar-refractivity contribution in [3.05, 3.63) is 59.8 Å². The maximum absolute atomic E-state index is 13.9. The van der Waals surface area contributed by atoms with Crippen LogP contribution in [-0.2, 0) is 14.8 Å². The molecule has 4 aromatic rings. The van der Waals surface area contributed by atoms with Crippen molar-refractivity contribution < 1.29 is 27.8 Å². The first-order valence-electron chi connectivity index (χ1n) is 14.2. The molecule has 2 aliphatic heterocycles. The minimum atomic E-state index is -3.83. The molecule has 1 unspecified atom stereocenters. The van der Waals surface area contributed by atoms with Crippen molar-refractivity contribution in [2.75, 3.05) is 75.7 Å². The Morgan fingerprint density at radius 1 is 1.14 bits per heavy atom. The smallest absolute Gasteiger partial charge is 0.274 e. The van der Waals surface area contributed by atoms with Crippen LogP contribution in [0.25, 0.3) is 21.7 Å². The molecule has 228 valence electrons. The lowest BCUT2D eigenvalue weighted by molar-refractivity contribution is 0.0322. The molecule has 0 spiro atoms. The number of rotatable bonds is 10. The van der Waals surface area contributed by atoms with Crippen molar-refractivity contribution in [1.29, 1.82) is 0 Å². The lowest BCUT2D eigenvalue weighted by Crippen LogP contribution is -2.38. The van der Waals surface area contributed by atoms with Crippen LogP contribution in [0.1, 0.15) is 22.0 Å². The number of hydrogen-bond donors (Lipinski definition) is 4. The number of carbonyl (C=O) groups excluding carboxylic acids is 1. The second-order valence-corrected chi connectivity index (χ2v) is 12.8. The minimum Gasteiger partial charge on any atom is -0.492 e. The predicted octanol–water partition coefficient (Wildman–Crippen LogP) is 2.87. The van der Waals surface area contributed by atoms with Gasteiger partial charge >= 0.3 is 0 Å². The first kappa shape index (κ1) is 29.7. The number of halogens is 1. The molecule has 6 rings (SSSR count). The Bertz CT molecular complexity index is 1770. The number of amides is 1. The van der Waals surface area contributed by atoms with Crippen LogP contribution in [0.15, 0.2) is 53.4 Å². The van der Waals surface area contributed by atoms with E-state index in [9.17, 15) is 13.2 Å². The Balaban J connectivity index is 1.26. The first-order chi connectivity index (χ1) is 20.8. The molecule has 1 atom stereocenters. The fourth-order valence-corrected chi connectivity index (χ4v) is 7.13. The molecule has 2 aliphatic rings. The highest BCUT2D eigenvalue weighted by atomic mass is 35.5. The number of benzene rings is 3. The van der Waals surface area contributed by atoms with Crippen LogP contribution in [-0.4, -0.2) is 94.3 Å². The number of alkyl halides is 1. The maximum atomic E-state index is 13.9. The van der Waals surface area contributed by atoms with Crippen LogP contribution in [0.3, 0.4) is 0 Å². The number of fused-ring (bicyclic) bond motifs is 4. The normalized spacial score (nSPS) is 17.5. The highest BCUT2D eigenvalue weighted by Gasteiger charge is 2.35. The van der Waals surface area contributed by atoms with Crippen LogP contribution in [0.5, 0.6) is 5.75 Å². The standard InChI is InChI=1S/C30H34ClN5O6S/c31-17-20-18-36(28-16-25(32)24-15-22(2-3-23(24)29(20)28)43(39,40)33-5-9-37)30(38)27-14-19-13-21(1-4-26(19)34-27)42-12-8-35-6-10-41-11-7-35/h1-4,13-16,20,33-34,37H,5-12,17-18,32H2. The molecule has 1 fully saturated rings. The van der Waals surface area contributed by atoms with Gasteiger partial charge in [-0.2, -0.15) is 0 Å². The molecule has 0 bridgehead atoms. The summed E-state index contributed by atoms with van der Waals surface area (Å²) in [6.45, 7) is 4.64. The van der Waals surface area contributed by atoms with Crippen molar-refractivity contribution in [3.63, 3.8) is 0 Å². The Morgan fingerprint density at radius 3 is 2.72 bits per heavy atom. The van der Waals surface area contributed by atoms with E-state index in [4.69, 9.17) is 31.9 Å². The van der Waals surface area contributed by atoms with Gasteiger partial charge in [0, 0.05) is 66.5 Å². The number of aromatic amines is 1. The fraction of sp³-hybridized carbons (Fsp3) is 0.367. The van der Waals surface area contributed by atoms with Gasteiger partial charge in [-0.1, -0.05) is 6.07 Å². The molecule has 0 saturated carbocycles. The monoisotopic (exact) mass is 627 g/mol. The largest absolute Gasteiger partial charge is 0.492 e. The van der Waals surface area contributed by atoms with Gasteiger partial charge in [0.05, 0.1) is 30.4 Å². The molecular weight excluding hydrogens is 594 g/mol. The third kappa shape index (κ3) is 5.91. The second kappa shape index (κ2) is 12.3. The molecule has 43 heavy (non-hydrogen) atoms. The third-order valence-electron chi connectivity index (χ3n) is 8.01. The summed E-state index contributed by atoms with van der Waals surface area (Å²) >= 11 is 6.40. The zero-order valence-corrected chi connectivity index (χ0v) is 25.1. The number of aromatic nitrogens is 1. The number of nitrogens with one attached hydrogen (secondary N) is 2. The summed E-state index contributed by atoms with van der Waals surface area (Å²) in [6.07, 6.45) is 0. The summed E-state index contributed by atoms with van der Waals surface area (Å²) in [6, 6.07) is 14.0. The number of aliphatic hydroxyl groups is 1. The Labute approximate surface area is 254 Å². The number of nitrogen functional groups attached to an aromatic ring is 1. The number of carbonyl (C=O) groups is 1. The van der Waals surface area contributed by atoms with Crippen LogP contribution in [0, 0.1) is 0 Å². The summed E-state index contributed by atoms with van der Waals surface area (Å²) in [5.74, 6) is 0.617. The van der Waals surface area contributed by atoms with Crippen molar-refractivity contribution in [3.8, 4) is 5.75 Å². The van der Waals surface area contributed by atoms with E-state index in [1.165, 1.54) is 12.1 Å². The van der Waals surface area contributed by atoms with E-state index in [0.29, 0.717) is 35.6 Å². The summed E-state index contributed by atoms with van der Waals surface area (Å²) < 4.78 is 39.0. The zero-order valence-electron chi connectivity index (χ0n) is 23.5. The topological polar surface area (TPSA) is 150 Å². The lowest BCUT2D eigenvalue weighted by Gasteiger charge is -2.26. The maximum Gasteiger partial charge on any atom is 0.274 e. The van der Waals surface area contributed by atoms with Crippen molar-refractivity contribution in [2.24, 2.45) is 0 Å². The average Bonchev–Trinajstić information content (AvgIpc) is 3.61. The number of aliphatic hydroxyl groups excluding tert-OH is 1. The highest BCUT2D eigenvalue weighted by Crippen LogP contribution is 2.45. The SMILES string of the molecule is Nc1cc2c(c3ccc(S(=O)(=O)NCCO)cc13)C(CCl)CN2C(=O)c1cc2cc(OCCN3CCOCC3)ccc2[nH]1. The van der Waals surface area contributed by atoms with Crippen LogP contribution in [0.2, 0.25) is 0 Å². The summed E-state index contributed by atoms with van der Waals surface area (Å²) in [7, 11) is -3.83. The second-order valence-electron chi connectivity index (χ2n) is 10.7. The van der Waals surface area contributed by atoms with E-state index >= 15 is 0 Å². The molecule has 1 aromatic heterocycles. The van der Waals surface area contributed by atoms with E-state index in [2.05, 4.69) is 14.6 Å². The van der Waals surface area contributed by atoms with Gasteiger partial charge < -0.3 is 30.2 Å². The molecule has 13 heteroatoms. The number of ether oxygens (including phenoxy) is 2. The predicted molar refractivity (Wildman–Crippen MR) is 167 cm³/mol. The highest BCUT2D eigenvalue weighted by molar-refractivity contribution is 7.89. The van der Waals surface area contributed by atoms with E-state index in [1.807, 2.05) is 24.3 Å². The fourth-order valence-electron chi connectivity index (χ4n) is 5.83. The number of hydrogen-bond acceptors (Lipinski definition) is 8. The quantitative estimate of drug-likeness (QED) is 0.155. The molecule has 0 aliphatic carbocycles. The molecule has 0 radical (unpaired) electrons. The molecule has 3 aromatic carbocycles. The molecule has 1 amide bonds. The number of nitrogens with zero attached hydrogens (tertiary/aromatic N) is 2. The summed E-state index contributed by atoms with van der Waals surface area (Å²) in [5, 5.41) is 11.2. The molecule has 3 heterocycles. The van der Waals surface area contributed by atoms with Crippen molar-refractivity contribution in [2.45, 2.75) is 10.8 Å². The Kier molecular flexibility index (Phi) is 8.49. The van der Waals surface area contributed by atoms with Crippen LogP contribution >= 0.6 is 11.6 Å². The number of sulfonamides is 1. The van der Waals surface area contributed by atoms with E-state index in [0.717, 1.165) is 60.5 Å². The van der Waals surface area contributed by atoms with Crippen molar-refractivity contribution in [1.82, 2.24) is 14.6 Å². The zero-order chi connectivity index (χ0) is 30.1. The molecular formula is C30H34ClN5O6S. The minimum absolute atomic E-state index is 0.0379. The van der Waals surface area contributed by atoms with Gasteiger partial charge in [-0.05, 0) is 53.4 Å². The molecule has 11 nitrogen and oxygen atoms in total. The first-order valence-corrected chi connectivity index (χ1v) is 16.2. The van der Waals surface area contributed by atoms with Gasteiger partial charge in [-0.15, -0.1) is 11.6 Å². The van der Waals surface area contributed by atoms with Gasteiger partial charge in [-0.3, -0.25) is 9.69 Å². The third-order valence-corrected chi connectivity index (χ3v) is 9.84. The van der Waals surface area contributed by atoms with Gasteiger partial charge in [0.15, 0.2) is 0 Å². The van der Waals surface area contributed by atoms with Gasteiger partial charge in [0.1, 0.15) is 18.1 Å². The Morgan fingerprint density at radius 2 is 1.95 bits per heavy atom.